The van der Waals surface area contributed by atoms with Gasteiger partial charge in [-0.15, -0.1) is 0 Å². The molecular weight excluding hydrogens is 386 g/mol. The Bertz CT molecular complexity index is 558. The SMILES string of the molecule is Fc1cccc(Cl)c1NCc1ncc(Br)cc1Br. The minimum Gasteiger partial charge on any atom is -0.376 e. The van der Waals surface area contributed by atoms with Gasteiger partial charge in [-0.1, -0.05) is 17.7 Å². The van der Waals surface area contributed by atoms with E-state index in [9.17, 15) is 4.39 Å². The third-order valence-electron chi connectivity index (χ3n) is 2.28. The summed E-state index contributed by atoms with van der Waals surface area (Å²) in [5.74, 6) is -0.379. The van der Waals surface area contributed by atoms with E-state index in [1.54, 1.807) is 18.3 Å². The number of nitrogens with one attached hydrogen (secondary N) is 1. The molecule has 0 amide bonds. The van der Waals surface area contributed by atoms with Crippen LogP contribution in [0.2, 0.25) is 5.02 Å². The van der Waals surface area contributed by atoms with Crippen LogP contribution in [0, 0.1) is 5.82 Å². The molecule has 0 aliphatic carbocycles. The minimum atomic E-state index is -0.379. The Hall–Kier alpha value is -0.650. The Kier molecular flexibility index (Phi) is 4.59. The summed E-state index contributed by atoms with van der Waals surface area (Å²) >= 11 is 12.6. The van der Waals surface area contributed by atoms with Crippen molar-refractivity contribution in [2.45, 2.75) is 6.54 Å². The van der Waals surface area contributed by atoms with E-state index < -0.39 is 0 Å². The van der Waals surface area contributed by atoms with Crippen LogP contribution in [0.5, 0.6) is 0 Å². The largest absolute Gasteiger partial charge is 0.376 e. The molecule has 1 heterocycles. The summed E-state index contributed by atoms with van der Waals surface area (Å²) in [5, 5.41) is 3.29. The predicted octanol–water partition coefficient (Wildman–Crippen LogP) is 5.01. The lowest BCUT2D eigenvalue weighted by atomic mass is 10.3. The molecule has 0 radical (unpaired) electrons. The zero-order valence-corrected chi connectivity index (χ0v) is 13.0. The van der Waals surface area contributed by atoms with Gasteiger partial charge in [-0.05, 0) is 50.1 Å². The Morgan fingerprint density at radius 1 is 1.33 bits per heavy atom. The molecule has 2 aromatic rings. The number of hydrogen-bond acceptors (Lipinski definition) is 2. The van der Waals surface area contributed by atoms with Gasteiger partial charge in [0.25, 0.3) is 0 Å². The van der Waals surface area contributed by atoms with Gasteiger partial charge in [-0.2, -0.15) is 0 Å². The topological polar surface area (TPSA) is 24.9 Å². The molecule has 0 spiro atoms. The molecule has 0 aliphatic rings. The lowest BCUT2D eigenvalue weighted by Gasteiger charge is -2.10. The van der Waals surface area contributed by atoms with Gasteiger partial charge < -0.3 is 5.32 Å². The van der Waals surface area contributed by atoms with E-state index >= 15 is 0 Å². The molecular formula is C12H8Br2ClFN2. The maximum Gasteiger partial charge on any atom is 0.147 e. The van der Waals surface area contributed by atoms with Crippen molar-refractivity contribution in [1.82, 2.24) is 4.98 Å². The number of hydrogen-bond donors (Lipinski definition) is 1. The predicted molar refractivity (Wildman–Crippen MR) is 78.4 cm³/mol. The van der Waals surface area contributed by atoms with Gasteiger partial charge in [0.15, 0.2) is 0 Å². The zero-order valence-electron chi connectivity index (χ0n) is 9.05. The highest BCUT2D eigenvalue weighted by molar-refractivity contribution is 9.11. The van der Waals surface area contributed by atoms with Gasteiger partial charge in [0.2, 0.25) is 0 Å². The van der Waals surface area contributed by atoms with Crippen LogP contribution >= 0.6 is 43.5 Å². The second-order valence-electron chi connectivity index (χ2n) is 3.53. The fraction of sp³-hybridized carbons (Fsp3) is 0.0833. The molecule has 1 aromatic carbocycles. The van der Waals surface area contributed by atoms with Gasteiger partial charge in [0.1, 0.15) is 5.82 Å². The Balaban J connectivity index is 2.16. The summed E-state index contributed by atoms with van der Waals surface area (Å²) < 4.78 is 15.3. The molecule has 0 atom stereocenters. The monoisotopic (exact) mass is 392 g/mol. The van der Waals surface area contributed by atoms with Gasteiger partial charge in [-0.3, -0.25) is 4.98 Å². The van der Waals surface area contributed by atoms with Crippen molar-refractivity contribution in [3.05, 3.63) is 55.9 Å². The number of benzene rings is 1. The molecule has 2 rings (SSSR count). The van der Waals surface area contributed by atoms with Crippen LogP contribution < -0.4 is 5.32 Å². The first-order chi connectivity index (χ1) is 8.58. The van der Waals surface area contributed by atoms with Gasteiger partial charge in [-0.25, -0.2) is 4.39 Å². The van der Waals surface area contributed by atoms with E-state index in [1.807, 2.05) is 6.07 Å². The summed E-state index contributed by atoms with van der Waals surface area (Å²) in [4.78, 5) is 4.23. The molecule has 6 heteroatoms. The molecule has 1 aromatic heterocycles. The van der Waals surface area contributed by atoms with E-state index in [4.69, 9.17) is 11.6 Å². The first-order valence-corrected chi connectivity index (χ1v) is 7.02. The van der Waals surface area contributed by atoms with Crippen molar-refractivity contribution in [3.8, 4) is 0 Å². The Morgan fingerprint density at radius 3 is 2.78 bits per heavy atom. The Morgan fingerprint density at radius 2 is 2.11 bits per heavy atom. The highest BCUT2D eigenvalue weighted by Crippen LogP contribution is 2.26. The quantitative estimate of drug-likeness (QED) is 0.792. The van der Waals surface area contributed by atoms with E-state index in [0.717, 1.165) is 14.6 Å². The van der Waals surface area contributed by atoms with Gasteiger partial charge in [0, 0.05) is 15.1 Å². The third-order valence-corrected chi connectivity index (χ3v) is 3.71. The standard InChI is InChI=1S/C12H8Br2ClFN2/c13-7-4-8(14)11(17-5-7)6-18-12-9(15)2-1-3-10(12)16/h1-5,18H,6H2. The van der Waals surface area contributed by atoms with Crippen LogP contribution in [0.25, 0.3) is 0 Å². The minimum absolute atomic E-state index is 0.288. The maximum absolute atomic E-state index is 13.5. The number of pyridine rings is 1. The second kappa shape index (κ2) is 5.99. The summed E-state index contributed by atoms with van der Waals surface area (Å²) in [5.41, 5.74) is 1.06. The van der Waals surface area contributed by atoms with Crippen LogP contribution in [0.4, 0.5) is 10.1 Å². The van der Waals surface area contributed by atoms with Crippen LogP contribution in [-0.4, -0.2) is 4.98 Å². The van der Waals surface area contributed by atoms with Crippen molar-refractivity contribution in [1.29, 1.82) is 0 Å². The van der Waals surface area contributed by atoms with Gasteiger partial charge in [0.05, 0.1) is 22.9 Å². The number of aromatic nitrogens is 1. The van der Waals surface area contributed by atoms with Crippen molar-refractivity contribution < 1.29 is 4.39 Å². The molecule has 0 aliphatic heterocycles. The van der Waals surface area contributed by atoms with Crippen molar-refractivity contribution in [2.24, 2.45) is 0 Å². The van der Waals surface area contributed by atoms with Gasteiger partial charge >= 0.3 is 0 Å². The van der Waals surface area contributed by atoms with Crippen LogP contribution in [0.3, 0.4) is 0 Å². The summed E-state index contributed by atoms with van der Waals surface area (Å²) in [6.45, 7) is 0.383. The molecule has 0 saturated carbocycles. The highest BCUT2D eigenvalue weighted by atomic mass is 79.9. The molecule has 2 nitrogen and oxygen atoms in total. The van der Waals surface area contributed by atoms with E-state index in [1.165, 1.54) is 6.07 Å². The first-order valence-electron chi connectivity index (χ1n) is 5.05. The van der Waals surface area contributed by atoms with Crippen LogP contribution in [0.15, 0.2) is 39.4 Å². The average Bonchev–Trinajstić information content (AvgIpc) is 2.31. The lowest BCUT2D eigenvalue weighted by molar-refractivity contribution is 0.630. The van der Waals surface area contributed by atoms with Crippen molar-refractivity contribution in [2.75, 3.05) is 5.32 Å². The Labute approximate surface area is 126 Å². The van der Waals surface area contributed by atoms with E-state index in [0.29, 0.717) is 11.6 Å². The molecule has 18 heavy (non-hydrogen) atoms. The average molecular weight is 394 g/mol. The summed E-state index contributed by atoms with van der Waals surface area (Å²) in [7, 11) is 0. The van der Waals surface area contributed by atoms with Crippen LogP contribution in [0.1, 0.15) is 5.69 Å². The summed E-state index contributed by atoms with van der Waals surface area (Å²) in [6.07, 6.45) is 1.69. The fourth-order valence-corrected chi connectivity index (χ4v) is 2.77. The first kappa shape index (κ1) is 13.8. The number of halogens is 4. The molecule has 0 fully saturated rings. The smallest absolute Gasteiger partial charge is 0.147 e. The molecule has 94 valence electrons. The molecule has 0 bridgehead atoms. The third kappa shape index (κ3) is 3.22. The van der Waals surface area contributed by atoms with E-state index in [-0.39, 0.29) is 11.5 Å². The van der Waals surface area contributed by atoms with Crippen LogP contribution in [-0.2, 0) is 6.54 Å². The maximum atomic E-state index is 13.5. The van der Waals surface area contributed by atoms with Crippen molar-refractivity contribution in [3.63, 3.8) is 0 Å². The fourth-order valence-electron chi connectivity index (χ4n) is 1.41. The zero-order chi connectivity index (χ0) is 13.1. The number of para-hydroxylation sites is 1. The lowest BCUT2D eigenvalue weighted by Crippen LogP contribution is -2.04. The van der Waals surface area contributed by atoms with Crippen molar-refractivity contribution >= 4 is 49.1 Å². The molecule has 0 saturated heterocycles. The number of anilines is 1. The summed E-state index contributed by atoms with van der Waals surface area (Å²) in [6, 6.07) is 6.44. The molecule has 1 N–H and O–H groups in total. The highest BCUT2D eigenvalue weighted by Gasteiger charge is 2.08. The molecule has 0 unspecified atom stereocenters. The normalized spacial score (nSPS) is 10.4. The second-order valence-corrected chi connectivity index (χ2v) is 5.71. The number of nitrogens with zero attached hydrogens (tertiary/aromatic N) is 1. The van der Waals surface area contributed by atoms with E-state index in [2.05, 4.69) is 42.2 Å². The number of rotatable bonds is 3.